The third kappa shape index (κ3) is 3.08. The maximum absolute atomic E-state index is 12.0. The molecule has 0 aromatic carbocycles. The number of carbonyl (C=O) groups is 1. The first-order valence-corrected chi connectivity index (χ1v) is 6.25. The molecule has 0 saturated heterocycles. The number of hydrogen-bond acceptors (Lipinski definition) is 4. The van der Waals surface area contributed by atoms with Gasteiger partial charge in [0.05, 0.1) is 13.2 Å². The van der Waals surface area contributed by atoms with Crippen molar-refractivity contribution < 1.29 is 9.53 Å². The number of rotatable bonds is 5. The molecule has 18 heavy (non-hydrogen) atoms. The highest BCUT2D eigenvalue weighted by Gasteiger charge is 2.21. The molecule has 2 heterocycles. The van der Waals surface area contributed by atoms with Crippen LogP contribution < -0.4 is 5.32 Å². The van der Waals surface area contributed by atoms with Crippen molar-refractivity contribution in [1.29, 1.82) is 0 Å². The molecule has 1 aliphatic heterocycles. The first-order valence-electron chi connectivity index (χ1n) is 6.25. The first kappa shape index (κ1) is 13.0. The molecule has 0 fully saturated rings. The Balaban J connectivity index is 1.87. The number of hydrogen-bond donors (Lipinski definition) is 2. The van der Waals surface area contributed by atoms with E-state index in [9.17, 15) is 4.79 Å². The van der Waals surface area contributed by atoms with Crippen LogP contribution in [0.3, 0.4) is 0 Å². The Morgan fingerprint density at radius 2 is 2.39 bits per heavy atom. The molecule has 1 aliphatic rings. The number of nitrogens with zero attached hydrogens (tertiary/aromatic N) is 2. The van der Waals surface area contributed by atoms with Crippen LogP contribution in [-0.4, -0.2) is 54.8 Å². The lowest BCUT2D eigenvalue weighted by molar-refractivity contribution is 0.0924. The number of aromatic amines is 1. The minimum Gasteiger partial charge on any atom is -0.376 e. The van der Waals surface area contributed by atoms with Crippen LogP contribution in [0, 0.1) is 0 Å². The predicted octanol–water partition coefficient (Wildman–Crippen LogP) is 0.164. The fourth-order valence-electron chi connectivity index (χ4n) is 1.98. The SMILES string of the molecule is CN(C)CCCNC(=O)c1n[nH]c2c1COCC2. The highest BCUT2D eigenvalue weighted by molar-refractivity contribution is 5.93. The number of carbonyl (C=O) groups excluding carboxylic acids is 1. The van der Waals surface area contributed by atoms with Gasteiger partial charge in [0.25, 0.3) is 5.91 Å². The average molecular weight is 252 g/mol. The number of H-pyrrole nitrogens is 1. The molecule has 100 valence electrons. The topological polar surface area (TPSA) is 70.2 Å². The number of ether oxygens (including phenoxy) is 1. The fourth-order valence-corrected chi connectivity index (χ4v) is 1.98. The predicted molar refractivity (Wildman–Crippen MR) is 67.5 cm³/mol. The van der Waals surface area contributed by atoms with Crippen LogP contribution in [0.1, 0.15) is 28.2 Å². The number of amides is 1. The van der Waals surface area contributed by atoms with E-state index in [-0.39, 0.29) is 5.91 Å². The van der Waals surface area contributed by atoms with E-state index in [1.54, 1.807) is 0 Å². The molecule has 0 saturated carbocycles. The largest absolute Gasteiger partial charge is 0.376 e. The molecule has 1 amide bonds. The van der Waals surface area contributed by atoms with Crippen LogP contribution >= 0.6 is 0 Å². The third-order valence-corrected chi connectivity index (χ3v) is 2.98. The zero-order valence-electron chi connectivity index (χ0n) is 11.0. The average Bonchev–Trinajstić information content (AvgIpc) is 2.78. The van der Waals surface area contributed by atoms with E-state index >= 15 is 0 Å². The molecule has 6 nitrogen and oxygen atoms in total. The number of nitrogens with one attached hydrogen (secondary N) is 2. The van der Waals surface area contributed by atoms with E-state index in [0.717, 1.165) is 30.6 Å². The van der Waals surface area contributed by atoms with Crippen molar-refractivity contribution in [3.05, 3.63) is 17.0 Å². The van der Waals surface area contributed by atoms with Gasteiger partial charge >= 0.3 is 0 Å². The van der Waals surface area contributed by atoms with E-state index < -0.39 is 0 Å². The highest BCUT2D eigenvalue weighted by Crippen LogP contribution is 2.17. The standard InChI is InChI=1S/C12H20N4O2/c1-16(2)6-3-5-13-12(17)11-9-8-18-7-4-10(9)14-15-11/h3-8H2,1-2H3,(H,13,17)(H,14,15). The Morgan fingerprint density at radius 1 is 1.56 bits per heavy atom. The van der Waals surface area contributed by atoms with Crippen molar-refractivity contribution in [2.75, 3.05) is 33.8 Å². The lowest BCUT2D eigenvalue weighted by Crippen LogP contribution is -2.28. The Labute approximate surface area is 107 Å². The monoisotopic (exact) mass is 252 g/mol. The van der Waals surface area contributed by atoms with E-state index in [2.05, 4.69) is 20.4 Å². The van der Waals surface area contributed by atoms with Gasteiger partial charge in [0.15, 0.2) is 5.69 Å². The van der Waals surface area contributed by atoms with Gasteiger partial charge in [-0.1, -0.05) is 0 Å². The van der Waals surface area contributed by atoms with Crippen molar-refractivity contribution >= 4 is 5.91 Å². The van der Waals surface area contributed by atoms with Crippen molar-refractivity contribution in [3.8, 4) is 0 Å². The van der Waals surface area contributed by atoms with Crippen LogP contribution in [-0.2, 0) is 17.8 Å². The summed E-state index contributed by atoms with van der Waals surface area (Å²) in [4.78, 5) is 14.1. The van der Waals surface area contributed by atoms with Gasteiger partial charge in [0, 0.05) is 24.2 Å². The lowest BCUT2D eigenvalue weighted by atomic mass is 10.1. The first-order chi connectivity index (χ1) is 8.68. The molecule has 2 N–H and O–H groups in total. The second-order valence-electron chi connectivity index (χ2n) is 4.74. The van der Waals surface area contributed by atoms with Crippen LogP contribution in [0.25, 0.3) is 0 Å². The molecule has 1 aromatic heterocycles. The van der Waals surface area contributed by atoms with Crippen LogP contribution in [0.4, 0.5) is 0 Å². The Bertz CT molecular complexity index is 414. The van der Waals surface area contributed by atoms with Crippen molar-refractivity contribution in [2.24, 2.45) is 0 Å². The Morgan fingerprint density at radius 3 is 3.17 bits per heavy atom. The minimum absolute atomic E-state index is 0.114. The third-order valence-electron chi connectivity index (χ3n) is 2.98. The second-order valence-corrected chi connectivity index (χ2v) is 4.74. The summed E-state index contributed by atoms with van der Waals surface area (Å²) >= 11 is 0. The van der Waals surface area contributed by atoms with Crippen LogP contribution in [0.2, 0.25) is 0 Å². The van der Waals surface area contributed by atoms with E-state index in [0.29, 0.717) is 25.5 Å². The Kier molecular flexibility index (Phi) is 4.33. The van der Waals surface area contributed by atoms with Gasteiger partial charge in [-0.05, 0) is 27.1 Å². The molecule has 0 unspecified atom stereocenters. The van der Waals surface area contributed by atoms with Crippen molar-refractivity contribution in [3.63, 3.8) is 0 Å². The van der Waals surface area contributed by atoms with Gasteiger partial charge in [-0.2, -0.15) is 5.10 Å². The number of aromatic nitrogens is 2. The molecule has 2 rings (SSSR count). The zero-order chi connectivity index (χ0) is 13.0. The van der Waals surface area contributed by atoms with Gasteiger partial charge in [0.1, 0.15) is 0 Å². The van der Waals surface area contributed by atoms with Gasteiger partial charge in [-0.15, -0.1) is 0 Å². The fraction of sp³-hybridized carbons (Fsp3) is 0.667. The van der Waals surface area contributed by atoms with Crippen molar-refractivity contribution in [1.82, 2.24) is 20.4 Å². The van der Waals surface area contributed by atoms with E-state index in [4.69, 9.17) is 4.74 Å². The smallest absolute Gasteiger partial charge is 0.272 e. The van der Waals surface area contributed by atoms with Crippen LogP contribution in [0.15, 0.2) is 0 Å². The lowest BCUT2D eigenvalue weighted by Gasteiger charge is -2.12. The van der Waals surface area contributed by atoms with E-state index in [1.807, 2.05) is 14.1 Å². The van der Waals surface area contributed by atoms with Gasteiger partial charge in [-0.3, -0.25) is 9.89 Å². The summed E-state index contributed by atoms with van der Waals surface area (Å²) in [5.74, 6) is -0.114. The van der Waals surface area contributed by atoms with E-state index in [1.165, 1.54) is 0 Å². The summed E-state index contributed by atoms with van der Waals surface area (Å²) in [6.45, 7) is 2.80. The Hall–Kier alpha value is -1.40. The molecule has 0 atom stereocenters. The van der Waals surface area contributed by atoms with Crippen LogP contribution in [0.5, 0.6) is 0 Å². The molecule has 0 aliphatic carbocycles. The maximum atomic E-state index is 12.0. The summed E-state index contributed by atoms with van der Waals surface area (Å²) in [6.07, 6.45) is 1.73. The number of fused-ring (bicyclic) bond motifs is 1. The normalized spacial score (nSPS) is 14.6. The highest BCUT2D eigenvalue weighted by atomic mass is 16.5. The second kappa shape index (κ2) is 5.97. The molecule has 0 spiro atoms. The summed E-state index contributed by atoms with van der Waals surface area (Å²) in [7, 11) is 4.03. The maximum Gasteiger partial charge on any atom is 0.272 e. The van der Waals surface area contributed by atoms with Gasteiger partial charge in [-0.25, -0.2) is 0 Å². The quantitative estimate of drug-likeness (QED) is 0.733. The molecule has 0 radical (unpaired) electrons. The molecule has 0 bridgehead atoms. The molecule has 1 aromatic rings. The summed E-state index contributed by atoms with van der Waals surface area (Å²) in [5, 5.41) is 9.89. The minimum atomic E-state index is -0.114. The molecular weight excluding hydrogens is 232 g/mol. The molecular formula is C12H20N4O2. The van der Waals surface area contributed by atoms with Crippen molar-refractivity contribution in [2.45, 2.75) is 19.4 Å². The van der Waals surface area contributed by atoms with Gasteiger partial charge < -0.3 is 15.0 Å². The summed E-state index contributed by atoms with van der Waals surface area (Å²) < 4.78 is 5.36. The summed E-state index contributed by atoms with van der Waals surface area (Å²) in [6, 6.07) is 0. The zero-order valence-corrected chi connectivity index (χ0v) is 11.0. The van der Waals surface area contributed by atoms with Gasteiger partial charge in [0.2, 0.25) is 0 Å². The molecule has 6 heteroatoms. The summed E-state index contributed by atoms with van der Waals surface area (Å²) in [5.41, 5.74) is 2.42.